The first-order valence-electron chi connectivity index (χ1n) is 9.33. The van der Waals surface area contributed by atoms with Gasteiger partial charge in [0.2, 0.25) is 5.91 Å². The fraction of sp³-hybridized carbons (Fsp3) is 0.409. The van der Waals surface area contributed by atoms with E-state index in [2.05, 4.69) is 54.7 Å². The third-order valence-corrected chi connectivity index (χ3v) is 5.02. The molecule has 0 aromatic heterocycles. The van der Waals surface area contributed by atoms with Crippen LogP contribution in [-0.4, -0.2) is 30.4 Å². The molecular weight excluding hydrogens is 308 g/mol. The van der Waals surface area contributed by atoms with Crippen molar-refractivity contribution in [2.24, 2.45) is 5.92 Å². The van der Waals surface area contributed by atoms with E-state index in [0.717, 1.165) is 38.0 Å². The number of nitrogens with one attached hydrogen (secondary N) is 1. The van der Waals surface area contributed by atoms with Crippen molar-refractivity contribution in [2.45, 2.75) is 32.6 Å². The highest BCUT2D eigenvalue weighted by Crippen LogP contribution is 2.22. The van der Waals surface area contributed by atoms with Crippen LogP contribution in [0.4, 0.5) is 5.69 Å². The number of carbonyl (C=O) groups is 1. The minimum atomic E-state index is 0.276. The first kappa shape index (κ1) is 17.5. The number of aryl methyl sites for hydroxylation is 1. The Balaban J connectivity index is 1.38. The number of amides is 1. The van der Waals surface area contributed by atoms with Gasteiger partial charge in [0, 0.05) is 31.7 Å². The summed E-state index contributed by atoms with van der Waals surface area (Å²) in [4.78, 5) is 14.4. The molecule has 3 rings (SSSR count). The fourth-order valence-corrected chi connectivity index (χ4v) is 3.56. The molecule has 2 aromatic rings. The Morgan fingerprint density at radius 1 is 1.08 bits per heavy atom. The van der Waals surface area contributed by atoms with Gasteiger partial charge in [0.1, 0.15) is 0 Å². The summed E-state index contributed by atoms with van der Waals surface area (Å²) in [5.41, 5.74) is 3.74. The third kappa shape index (κ3) is 5.35. The smallest absolute Gasteiger partial charge is 0.224 e. The Morgan fingerprint density at radius 3 is 2.56 bits per heavy atom. The Hall–Kier alpha value is -2.29. The number of nitrogens with zero attached hydrogens (tertiary/aromatic N) is 1. The predicted octanol–water partition coefficient (Wildman–Crippen LogP) is 4.28. The molecule has 1 saturated heterocycles. The maximum Gasteiger partial charge on any atom is 0.224 e. The second-order valence-electron chi connectivity index (χ2n) is 7.06. The maximum absolute atomic E-state index is 12.4. The molecule has 1 aliphatic heterocycles. The maximum atomic E-state index is 12.4. The number of carbonyl (C=O) groups excluding carboxylic acids is 1. The first-order chi connectivity index (χ1) is 12.2. The SMILES string of the molecule is Cc1cccc(NCCC(=O)N2CCC(Cc3ccccc3)CC2)c1. The molecule has 25 heavy (non-hydrogen) atoms. The van der Waals surface area contributed by atoms with Crippen LogP contribution in [0, 0.1) is 12.8 Å². The van der Waals surface area contributed by atoms with Gasteiger partial charge in [-0.3, -0.25) is 4.79 Å². The molecule has 1 fully saturated rings. The monoisotopic (exact) mass is 336 g/mol. The van der Waals surface area contributed by atoms with Crippen LogP contribution in [0.3, 0.4) is 0 Å². The van der Waals surface area contributed by atoms with Crippen LogP contribution >= 0.6 is 0 Å². The normalized spacial score (nSPS) is 15.2. The Bertz CT molecular complexity index is 675. The predicted molar refractivity (Wildman–Crippen MR) is 104 cm³/mol. The van der Waals surface area contributed by atoms with Crippen LogP contribution in [0.25, 0.3) is 0 Å². The molecule has 1 aliphatic rings. The number of benzene rings is 2. The lowest BCUT2D eigenvalue weighted by Crippen LogP contribution is -2.39. The largest absolute Gasteiger partial charge is 0.385 e. The molecule has 3 nitrogen and oxygen atoms in total. The number of rotatable bonds is 6. The molecule has 2 aromatic carbocycles. The molecule has 0 radical (unpaired) electrons. The van der Waals surface area contributed by atoms with Gasteiger partial charge in [-0.25, -0.2) is 0 Å². The zero-order valence-corrected chi connectivity index (χ0v) is 15.1. The van der Waals surface area contributed by atoms with Gasteiger partial charge in [-0.15, -0.1) is 0 Å². The standard InChI is InChI=1S/C22H28N2O/c1-18-6-5-9-21(16-18)23-13-10-22(25)24-14-11-20(12-15-24)17-19-7-3-2-4-8-19/h2-9,16,20,23H,10-15,17H2,1H3. The number of hydrogen-bond donors (Lipinski definition) is 1. The van der Waals surface area contributed by atoms with Gasteiger partial charge in [-0.2, -0.15) is 0 Å². The van der Waals surface area contributed by atoms with Gasteiger partial charge in [0.25, 0.3) is 0 Å². The van der Waals surface area contributed by atoms with Crippen molar-refractivity contribution in [3.63, 3.8) is 0 Å². The van der Waals surface area contributed by atoms with E-state index in [9.17, 15) is 4.79 Å². The van der Waals surface area contributed by atoms with Gasteiger partial charge in [0.05, 0.1) is 0 Å². The van der Waals surface area contributed by atoms with E-state index in [0.29, 0.717) is 18.9 Å². The lowest BCUT2D eigenvalue weighted by molar-refractivity contribution is -0.132. The Labute approximate surface area is 151 Å². The highest BCUT2D eigenvalue weighted by atomic mass is 16.2. The molecule has 0 unspecified atom stereocenters. The molecule has 132 valence electrons. The third-order valence-electron chi connectivity index (χ3n) is 5.02. The molecule has 1 heterocycles. The summed E-state index contributed by atoms with van der Waals surface area (Å²) in [6.45, 7) is 4.59. The summed E-state index contributed by atoms with van der Waals surface area (Å²) < 4.78 is 0. The average Bonchev–Trinajstić information content (AvgIpc) is 2.63. The molecule has 1 amide bonds. The molecular formula is C22H28N2O. The van der Waals surface area contributed by atoms with E-state index in [-0.39, 0.29) is 5.91 Å². The summed E-state index contributed by atoms with van der Waals surface area (Å²) >= 11 is 0. The van der Waals surface area contributed by atoms with Crippen molar-refractivity contribution in [3.05, 3.63) is 65.7 Å². The minimum Gasteiger partial charge on any atom is -0.385 e. The highest BCUT2D eigenvalue weighted by Gasteiger charge is 2.22. The zero-order chi connectivity index (χ0) is 17.5. The summed E-state index contributed by atoms with van der Waals surface area (Å²) in [6, 6.07) is 19.0. The van der Waals surface area contributed by atoms with E-state index < -0.39 is 0 Å². The number of hydrogen-bond acceptors (Lipinski definition) is 2. The number of anilines is 1. The van der Waals surface area contributed by atoms with E-state index >= 15 is 0 Å². The van der Waals surface area contributed by atoms with Gasteiger partial charge in [-0.1, -0.05) is 42.5 Å². The lowest BCUT2D eigenvalue weighted by Gasteiger charge is -2.32. The van der Waals surface area contributed by atoms with Crippen molar-refractivity contribution >= 4 is 11.6 Å². The summed E-state index contributed by atoms with van der Waals surface area (Å²) in [5.74, 6) is 0.982. The quantitative estimate of drug-likeness (QED) is 0.854. The van der Waals surface area contributed by atoms with Crippen LogP contribution in [-0.2, 0) is 11.2 Å². The second kappa shape index (κ2) is 8.70. The minimum absolute atomic E-state index is 0.276. The van der Waals surface area contributed by atoms with E-state index in [1.807, 2.05) is 17.0 Å². The number of piperidine rings is 1. The molecule has 0 aliphatic carbocycles. The fourth-order valence-electron chi connectivity index (χ4n) is 3.56. The van der Waals surface area contributed by atoms with Crippen LogP contribution in [0.2, 0.25) is 0 Å². The Morgan fingerprint density at radius 2 is 1.84 bits per heavy atom. The summed E-state index contributed by atoms with van der Waals surface area (Å²) in [7, 11) is 0. The average molecular weight is 336 g/mol. The van der Waals surface area contributed by atoms with Crippen molar-refractivity contribution in [1.82, 2.24) is 4.90 Å². The first-order valence-corrected chi connectivity index (χ1v) is 9.33. The van der Waals surface area contributed by atoms with E-state index in [4.69, 9.17) is 0 Å². The van der Waals surface area contributed by atoms with E-state index in [1.54, 1.807) is 0 Å². The molecule has 0 atom stereocenters. The van der Waals surface area contributed by atoms with Crippen molar-refractivity contribution in [1.29, 1.82) is 0 Å². The van der Waals surface area contributed by atoms with Crippen molar-refractivity contribution < 1.29 is 4.79 Å². The zero-order valence-electron chi connectivity index (χ0n) is 15.1. The second-order valence-corrected chi connectivity index (χ2v) is 7.06. The van der Waals surface area contributed by atoms with Gasteiger partial charge in [0.15, 0.2) is 0 Å². The van der Waals surface area contributed by atoms with Crippen molar-refractivity contribution in [2.75, 3.05) is 25.0 Å². The summed E-state index contributed by atoms with van der Waals surface area (Å²) in [6.07, 6.45) is 3.94. The molecule has 3 heteroatoms. The number of likely N-dealkylation sites (tertiary alicyclic amines) is 1. The topological polar surface area (TPSA) is 32.3 Å². The van der Waals surface area contributed by atoms with Crippen LogP contribution in [0.1, 0.15) is 30.4 Å². The van der Waals surface area contributed by atoms with E-state index in [1.165, 1.54) is 11.1 Å². The molecule has 1 N–H and O–H groups in total. The summed E-state index contributed by atoms with van der Waals surface area (Å²) in [5, 5.41) is 3.35. The van der Waals surface area contributed by atoms with Gasteiger partial charge in [-0.05, 0) is 55.4 Å². The lowest BCUT2D eigenvalue weighted by atomic mass is 9.90. The van der Waals surface area contributed by atoms with Crippen LogP contribution in [0.5, 0.6) is 0 Å². The molecule has 0 spiro atoms. The van der Waals surface area contributed by atoms with Crippen molar-refractivity contribution in [3.8, 4) is 0 Å². The van der Waals surface area contributed by atoms with Crippen LogP contribution in [0.15, 0.2) is 54.6 Å². The van der Waals surface area contributed by atoms with Gasteiger partial charge < -0.3 is 10.2 Å². The molecule has 0 bridgehead atoms. The molecule has 0 saturated carbocycles. The van der Waals surface area contributed by atoms with Crippen LogP contribution < -0.4 is 5.32 Å². The van der Waals surface area contributed by atoms with Gasteiger partial charge >= 0.3 is 0 Å². The highest BCUT2D eigenvalue weighted by molar-refractivity contribution is 5.76. The Kier molecular flexibility index (Phi) is 6.10.